The van der Waals surface area contributed by atoms with E-state index in [1.54, 1.807) is 6.92 Å². The van der Waals surface area contributed by atoms with Crippen molar-refractivity contribution in [1.82, 2.24) is 15.5 Å². The highest BCUT2D eigenvalue weighted by Gasteiger charge is 2.21. The highest BCUT2D eigenvalue weighted by atomic mass is 16.5. The highest BCUT2D eigenvalue weighted by molar-refractivity contribution is 5.95. The summed E-state index contributed by atoms with van der Waals surface area (Å²) in [5.41, 5.74) is 0. The summed E-state index contributed by atoms with van der Waals surface area (Å²) in [6.45, 7) is 4.44. The summed E-state index contributed by atoms with van der Waals surface area (Å²) in [4.78, 5) is 24.7. The normalized spacial score (nSPS) is 17.2. The maximum Gasteiger partial charge on any atom is 0.321 e. The van der Waals surface area contributed by atoms with Gasteiger partial charge in [-0.25, -0.2) is 4.79 Å². The van der Waals surface area contributed by atoms with Crippen molar-refractivity contribution in [1.29, 1.82) is 0 Å². The first-order valence-corrected chi connectivity index (χ1v) is 6.68. The number of ether oxygens (including phenoxy) is 1. The molecule has 0 aromatic heterocycles. The second-order valence-electron chi connectivity index (χ2n) is 4.48. The summed E-state index contributed by atoms with van der Waals surface area (Å²) in [7, 11) is 0. The SMILES string of the molecule is CCNC(=O)NC(=O)CN1CCC(OCCO)CC1. The zero-order chi connectivity index (χ0) is 14.1. The first-order chi connectivity index (χ1) is 9.15. The van der Waals surface area contributed by atoms with Crippen molar-refractivity contribution in [2.45, 2.75) is 25.9 Å². The zero-order valence-corrected chi connectivity index (χ0v) is 11.4. The van der Waals surface area contributed by atoms with E-state index in [2.05, 4.69) is 10.6 Å². The van der Waals surface area contributed by atoms with Gasteiger partial charge in [0.15, 0.2) is 0 Å². The van der Waals surface area contributed by atoms with Gasteiger partial charge < -0.3 is 15.2 Å². The monoisotopic (exact) mass is 273 g/mol. The van der Waals surface area contributed by atoms with Gasteiger partial charge in [-0.1, -0.05) is 0 Å². The molecule has 7 heteroatoms. The number of aliphatic hydroxyl groups is 1. The Bertz CT molecular complexity index is 291. The number of aliphatic hydroxyl groups excluding tert-OH is 1. The van der Waals surface area contributed by atoms with Crippen LogP contribution < -0.4 is 10.6 Å². The van der Waals surface area contributed by atoms with Crippen LogP contribution in [0.15, 0.2) is 0 Å². The number of hydrogen-bond acceptors (Lipinski definition) is 5. The van der Waals surface area contributed by atoms with Crippen LogP contribution in [0, 0.1) is 0 Å². The molecular weight excluding hydrogens is 250 g/mol. The molecule has 0 bridgehead atoms. The number of likely N-dealkylation sites (tertiary alicyclic amines) is 1. The molecule has 0 atom stereocenters. The van der Waals surface area contributed by atoms with E-state index in [0.29, 0.717) is 13.2 Å². The molecule has 0 aliphatic carbocycles. The third kappa shape index (κ3) is 6.51. The summed E-state index contributed by atoms with van der Waals surface area (Å²) in [5, 5.41) is 13.5. The highest BCUT2D eigenvalue weighted by Crippen LogP contribution is 2.12. The van der Waals surface area contributed by atoms with Crippen molar-refractivity contribution < 1.29 is 19.4 Å². The number of rotatable bonds is 6. The summed E-state index contributed by atoms with van der Waals surface area (Å²) >= 11 is 0. The van der Waals surface area contributed by atoms with Gasteiger partial charge in [-0.3, -0.25) is 15.0 Å². The van der Waals surface area contributed by atoms with Crippen LogP contribution in [0.2, 0.25) is 0 Å². The van der Waals surface area contributed by atoms with Crippen LogP contribution in [0.4, 0.5) is 4.79 Å². The molecule has 110 valence electrons. The molecular formula is C12H23N3O4. The molecule has 0 saturated carbocycles. The van der Waals surface area contributed by atoms with Crippen LogP contribution >= 0.6 is 0 Å². The predicted molar refractivity (Wildman–Crippen MR) is 69.7 cm³/mol. The third-order valence-electron chi connectivity index (χ3n) is 2.94. The third-order valence-corrected chi connectivity index (χ3v) is 2.94. The van der Waals surface area contributed by atoms with Gasteiger partial charge in [0.1, 0.15) is 0 Å². The molecule has 0 aromatic carbocycles. The van der Waals surface area contributed by atoms with Crippen LogP contribution in [0.25, 0.3) is 0 Å². The molecule has 1 saturated heterocycles. The van der Waals surface area contributed by atoms with Gasteiger partial charge in [-0.2, -0.15) is 0 Å². The predicted octanol–water partition coefficient (Wildman–Crippen LogP) is -0.695. The van der Waals surface area contributed by atoms with Gasteiger partial charge in [0.25, 0.3) is 0 Å². The summed E-state index contributed by atoms with van der Waals surface area (Å²) in [6.07, 6.45) is 1.85. The first-order valence-electron chi connectivity index (χ1n) is 6.68. The zero-order valence-electron chi connectivity index (χ0n) is 11.4. The minimum Gasteiger partial charge on any atom is -0.394 e. The second kappa shape index (κ2) is 8.84. The lowest BCUT2D eigenvalue weighted by Crippen LogP contribution is -2.47. The fraction of sp³-hybridized carbons (Fsp3) is 0.833. The standard InChI is InChI=1S/C12H23N3O4/c1-2-13-12(18)14-11(17)9-15-5-3-10(4-6-15)19-8-7-16/h10,16H,2-9H2,1H3,(H2,13,14,17,18). The van der Waals surface area contributed by atoms with E-state index < -0.39 is 6.03 Å². The molecule has 3 amide bonds. The quantitative estimate of drug-likeness (QED) is 0.595. The van der Waals surface area contributed by atoms with Gasteiger partial charge in [-0.05, 0) is 19.8 Å². The van der Waals surface area contributed by atoms with E-state index in [1.165, 1.54) is 0 Å². The van der Waals surface area contributed by atoms with Crippen molar-refractivity contribution in [3.63, 3.8) is 0 Å². The van der Waals surface area contributed by atoms with E-state index in [0.717, 1.165) is 25.9 Å². The number of nitrogens with zero attached hydrogens (tertiary/aromatic N) is 1. The molecule has 3 N–H and O–H groups in total. The molecule has 1 aliphatic rings. The Hall–Kier alpha value is -1.18. The molecule has 19 heavy (non-hydrogen) atoms. The first kappa shape index (κ1) is 15.9. The molecule has 1 aliphatic heterocycles. The lowest BCUT2D eigenvalue weighted by Gasteiger charge is -2.31. The average Bonchev–Trinajstić information content (AvgIpc) is 2.38. The largest absolute Gasteiger partial charge is 0.394 e. The molecule has 0 spiro atoms. The van der Waals surface area contributed by atoms with E-state index in [1.807, 2.05) is 4.90 Å². The van der Waals surface area contributed by atoms with Crippen molar-refractivity contribution in [3.8, 4) is 0 Å². The Labute approximate surface area is 113 Å². The Morgan fingerprint density at radius 1 is 1.37 bits per heavy atom. The number of imide groups is 1. The molecule has 1 rings (SSSR count). The number of piperidine rings is 1. The number of urea groups is 1. The number of hydrogen-bond donors (Lipinski definition) is 3. The van der Waals surface area contributed by atoms with Crippen molar-refractivity contribution in [3.05, 3.63) is 0 Å². The lowest BCUT2D eigenvalue weighted by molar-refractivity contribution is -0.121. The molecule has 0 aromatic rings. The van der Waals surface area contributed by atoms with Crippen LogP contribution in [0.5, 0.6) is 0 Å². The van der Waals surface area contributed by atoms with Crippen molar-refractivity contribution in [2.24, 2.45) is 0 Å². The smallest absolute Gasteiger partial charge is 0.321 e. The van der Waals surface area contributed by atoms with Gasteiger partial charge in [0.05, 0.1) is 25.9 Å². The Morgan fingerprint density at radius 2 is 2.05 bits per heavy atom. The van der Waals surface area contributed by atoms with Gasteiger partial charge in [-0.15, -0.1) is 0 Å². The van der Waals surface area contributed by atoms with Crippen molar-refractivity contribution >= 4 is 11.9 Å². The summed E-state index contributed by atoms with van der Waals surface area (Å²) < 4.78 is 5.44. The Kier molecular flexibility index (Phi) is 7.39. The summed E-state index contributed by atoms with van der Waals surface area (Å²) in [6, 6.07) is -0.450. The molecule has 0 unspecified atom stereocenters. The van der Waals surface area contributed by atoms with E-state index in [9.17, 15) is 9.59 Å². The van der Waals surface area contributed by atoms with Gasteiger partial charge >= 0.3 is 6.03 Å². The van der Waals surface area contributed by atoms with Gasteiger partial charge in [0, 0.05) is 19.6 Å². The van der Waals surface area contributed by atoms with Gasteiger partial charge in [0.2, 0.25) is 5.91 Å². The van der Waals surface area contributed by atoms with Crippen LogP contribution in [-0.2, 0) is 9.53 Å². The maximum atomic E-state index is 11.6. The fourth-order valence-electron chi connectivity index (χ4n) is 2.03. The topological polar surface area (TPSA) is 90.9 Å². The van der Waals surface area contributed by atoms with E-state index >= 15 is 0 Å². The Balaban J connectivity index is 2.18. The molecule has 7 nitrogen and oxygen atoms in total. The van der Waals surface area contributed by atoms with Crippen LogP contribution in [0.3, 0.4) is 0 Å². The van der Waals surface area contributed by atoms with Crippen LogP contribution in [0.1, 0.15) is 19.8 Å². The molecule has 1 fully saturated rings. The maximum absolute atomic E-state index is 11.6. The lowest BCUT2D eigenvalue weighted by atomic mass is 10.1. The van der Waals surface area contributed by atoms with Crippen molar-refractivity contribution in [2.75, 3.05) is 39.4 Å². The molecule has 1 heterocycles. The van der Waals surface area contributed by atoms with Crippen LogP contribution in [-0.4, -0.2) is 67.4 Å². The average molecular weight is 273 g/mol. The number of amides is 3. The minimum absolute atomic E-state index is 0.0369. The number of carbonyl (C=O) groups is 2. The van der Waals surface area contributed by atoms with E-state index in [4.69, 9.17) is 9.84 Å². The second-order valence-corrected chi connectivity index (χ2v) is 4.48. The van der Waals surface area contributed by atoms with E-state index in [-0.39, 0.29) is 25.2 Å². The number of carbonyl (C=O) groups excluding carboxylic acids is 2. The Morgan fingerprint density at radius 3 is 2.63 bits per heavy atom. The fourth-order valence-corrected chi connectivity index (χ4v) is 2.03. The number of nitrogens with one attached hydrogen (secondary N) is 2. The summed E-state index contributed by atoms with van der Waals surface area (Å²) in [5.74, 6) is -0.291. The minimum atomic E-state index is -0.450. The molecule has 0 radical (unpaired) electrons.